The van der Waals surface area contributed by atoms with Crippen molar-refractivity contribution in [2.45, 2.75) is 18.9 Å². The third-order valence-electron chi connectivity index (χ3n) is 3.33. The summed E-state index contributed by atoms with van der Waals surface area (Å²) in [5.74, 6) is 0.692. The normalized spacial score (nSPS) is 22.7. The van der Waals surface area contributed by atoms with E-state index in [9.17, 15) is 8.42 Å². The molecule has 1 fully saturated rings. The van der Waals surface area contributed by atoms with Crippen molar-refractivity contribution in [3.05, 3.63) is 16.7 Å². The van der Waals surface area contributed by atoms with E-state index in [0.29, 0.717) is 23.5 Å². The summed E-state index contributed by atoms with van der Waals surface area (Å²) in [5, 5.41) is 0. The number of hydrogen-bond donors (Lipinski definition) is 1. The van der Waals surface area contributed by atoms with Crippen molar-refractivity contribution in [1.29, 1.82) is 0 Å². The van der Waals surface area contributed by atoms with Crippen molar-refractivity contribution in [3.8, 4) is 0 Å². The van der Waals surface area contributed by atoms with Gasteiger partial charge in [0.05, 0.1) is 17.5 Å². The first-order valence-electron chi connectivity index (χ1n) is 5.96. The number of anilines is 1. The number of hydrogen-bond acceptors (Lipinski definition) is 5. The lowest BCUT2D eigenvalue weighted by Gasteiger charge is -2.24. The molecule has 1 saturated heterocycles. The van der Waals surface area contributed by atoms with Gasteiger partial charge < -0.3 is 5.73 Å². The second-order valence-corrected chi connectivity index (χ2v) is 7.89. The van der Waals surface area contributed by atoms with Crippen molar-refractivity contribution in [1.82, 2.24) is 14.5 Å². The quantitative estimate of drug-likeness (QED) is 0.846. The Morgan fingerprint density at radius 1 is 1.47 bits per heavy atom. The maximum absolute atomic E-state index is 11.8. The molecule has 1 unspecified atom stereocenters. The summed E-state index contributed by atoms with van der Waals surface area (Å²) < 4.78 is 26.1. The largest absolute Gasteiger partial charge is 0.369 e. The number of pyridine rings is 1. The third-order valence-corrected chi connectivity index (χ3v) is 5.57. The molecule has 1 aliphatic heterocycles. The van der Waals surface area contributed by atoms with Crippen LogP contribution in [-0.4, -0.2) is 34.5 Å². The monoisotopic (exact) mass is 344 g/mol. The number of nitrogens with two attached hydrogens (primary N) is 1. The Balaban J connectivity index is 2.12. The van der Waals surface area contributed by atoms with Gasteiger partial charge in [-0.15, -0.1) is 0 Å². The summed E-state index contributed by atoms with van der Waals surface area (Å²) >= 11 is 3.33. The van der Waals surface area contributed by atoms with Crippen molar-refractivity contribution in [2.24, 2.45) is 0 Å². The molecule has 2 aromatic heterocycles. The van der Waals surface area contributed by atoms with Gasteiger partial charge in [0.25, 0.3) is 0 Å². The fraction of sp³-hybridized carbons (Fsp3) is 0.455. The molecule has 0 radical (unpaired) electrons. The van der Waals surface area contributed by atoms with Crippen LogP contribution in [0.15, 0.2) is 16.7 Å². The Morgan fingerprint density at radius 2 is 2.26 bits per heavy atom. The van der Waals surface area contributed by atoms with Crippen LogP contribution in [0.25, 0.3) is 11.2 Å². The average molecular weight is 345 g/mol. The SMILES string of the molecule is Nc1nc2cc(Br)cnc2n1C1CCCS(=O)(=O)C1. The molecule has 8 heteroatoms. The minimum atomic E-state index is -2.99. The molecule has 2 N–H and O–H groups in total. The second kappa shape index (κ2) is 4.45. The van der Waals surface area contributed by atoms with Crippen LogP contribution >= 0.6 is 15.9 Å². The minimum absolute atomic E-state index is 0.112. The van der Waals surface area contributed by atoms with E-state index < -0.39 is 9.84 Å². The maximum atomic E-state index is 11.8. The molecule has 3 heterocycles. The van der Waals surface area contributed by atoms with Crippen LogP contribution in [0.3, 0.4) is 0 Å². The minimum Gasteiger partial charge on any atom is -0.369 e. The summed E-state index contributed by atoms with van der Waals surface area (Å²) in [5.41, 5.74) is 7.24. The van der Waals surface area contributed by atoms with Crippen LogP contribution in [-0.2, 0) is 9.84 Å². The summed E-state index contributed by atoms with van der Waals surface area (Å²) in [6, 6.07) is 1.66. The number of nitrogen functional groups attached to an aromatic ring is 1. The summed E-state index contributed by atoms with van der Waals surface area (Å²) in [7, 11) is -2.99. The van der Waals surface area contributed by atoms with Crippen molar-refractivity contribution < 1.29 is 8.42 Å². The average Bonchev–Trinajstić information content (AvgIpc) is 2.62. The van der Waals surface area contributed by atoms with Crippen LogP contribution in [0, 0.1) is 0 Å². The molecule has 1 aliphatic rings. The number of sulfone groups is 1. The predicted molar refractivity (Wildman–Crippen MR) is 76.6 cm³/mol. The van der Waals surface area contributed by atoms with Crippen molar-refractivity contribution in [3.63, 3.8) is 0 Å². The van der Waals surface area contributed by atoms with E-state index in [2.05, 4.69) is 25.9 Å². The lowest BCUT2D eigenvalue weighted by atomic mass is 10.2. The highest BCUT2D eigenvalue weighted by molar-refractivity contribution is 9.10. The Labute approximate surface area is 119 Å². The molecular formula is C11H13BrN4O2S. The number of imidazole rings is 1. The van der Waals surface area contributed by atoms with E-state index in [-0.39, 0.29) is 17.5 Å². The molecule has 2 aromatic rings. The van der Waals surface area contributed by atoms with Crippen molar-refractivity contribution >= 4 is 42.9 Å². The molecule has 0 saturated carbocycles. The van der Waals surface area contributed by atoms with Crippen LogP contribution < -0.4 is 5.73 Å². The van der Waals surface area contributed by atoms with E-state index in [4.69, 9.17) is 5.73 Å². The van der Waals surface area contributed by atoms with E-state index in [1.807, 2.05) is 6.07 Å². The number of rotatable bonds is 1. The zero-order chi connectivity index (χ0) is 13.6. The smallest absolute Gasteiger partial charge is 0.202 e. The van der Waals surface area contributed by atoms with Crippen LogP contribution in [0.4, 0.5) is 5.95 Å². The summed E-state index contributed by atoms with van der Waals surface area (Å²) in [6.45, 7) is 0. The molecule has 19 heavy (non-hydrogen) atoms. The van der Waals surface area contributed by atoms with Gasteiger partial charge in [0, 0.05) is 10.7 Å². The highest BCUT2D eigenvalue weighted by Crippen LogP contribution is 2.29. The van der Waals surface area contributed by atoms with Gasteiger partial charge >= 0.3 is 0 Å². The lowest BCUT2D eigenvalue weighted by molar-refractivity contribution is 0.481. The summed E-state index contributed by atoms with van der Waals surface area (Å²) in [6.07, 6.45) is 3.10. The first-order chi connectivity index (χ1) is 8.96. The molecule has 0 amide bonds. The maximum Gasteiger partial charge on any atom is 0.202 e. The molecule has 0 aliphatic carbocycles. The highest BCUT2D eigenvalue weighted by Gasteiger charge is 2.28. The van der Waals surface area contributed by atoms with Gasteiger partial charge in [-0.2, -0.15) is 0 Å². The zero-order valence-corrected chi connectivity index (χ0v) is 12.5. The number of aromatic nitrogens is 3. The molecule has 0 aromatic carbocycles. The fourth-order valence-electron chi connectivity index (χ4n) is 2.54. The summed E-state index contributed by atoms with van der Waals surface area (Å²) in [4.78, 5) is 8.55. The number of nitrogens with zero attached hydrogens (tertiary/aromatic N) is 3. The van der Waals surface area contributed by atoms with Crippen molar-refractivity contribution in [2.75, 3.05) is 17.2 Å². The molecule has 1 atom stereocenters. The fourth-order valence-corrected chi connectivity index (χ4v) is 4.53. The first-order valence-corrected chi connectivity index (χ1v) is 8.57. The van der Waals surface area contributed by atoms with E-state index in [0.717, 1.165) is 10.9 Å². The lowest BCUT2D eigenvalue weighted by Crippen LogP contribution is -2.28. The van der Waals surface area contributed by atoms with Crippen LogP contribution in [0.5, 0.6) is 0 Å². The Morgan fingerprint density at radius 3 is 3.00 bits per heavy atom. The van der Waals surface area contributed by atoms with Gasteiger partial charge in [-0.1, -0.05) is 0 Å². The second-order valence-electron chi connectivity index (χ2n) is 4.75. The van der Waals surface area contributed by atoms with Gasteiger partial charge in [-0.25, -0.2) is 18.4 Å². The number of halogens is 1. The topological polar surface area (TPSA) is 90.9 Å². The Kier molecular flexibility index (Phi) is 3.01. The molecule has 0 spiro atoms. The van der Waals surface area contributed by atoms with Crippen LogP contribution in [0.1, 0.15) is 18.9 Å². The van der Waals surface area contributed by atoms with E-state index in [1.54, 1.807) is 10.8 Å². The molecule has 6 nitrogen and oxygen atoms in total. The molecular weight excluding hydrogens is 332 g/mol. The Hall–Kier alpha value is -1.15. The third kappa shape index (κ3) is 2.34. The zero-order valence-electron chi connectivity index (χ0n) is 10.1. The molecule has 3 rings (SSSR count). The first kappa shape index (κ1) is 12.9. The predicted octanol–water partition coefficient (Wildman–Crippen LogP) is 1.53. The van der Waals surface area contributed by atoms with Gasteiger partial charge in [-0.3, -0.25) is 4.57 Å². The molecule has 102 valence electrons. The van der Waals surface area contributed by atoms with Gasteiger partial charge in [0.1, 0.15) is 5.52 Å². The molecule has 0 bridgehead atoms. The van der Waals surface area contributed by atoms with Gasteiger partial charge in [0.2, 0.25) is 5.95 Å². The van der Waals surface area contributed by atoms with Gasteiger partial charge in [0.15, 0.2) is 15.5 Å². The Bertz CT molecular complexity index is 740. The van der Waals surface area contributed by atoms with Crippen LogP contribution in [0.2, 0.25) is 0 Å². The van der Waals surface area contributed by atoms with E-state index >= 15 is 0 Å². The van der Waals surface area contributed by atoms with Gasteiger partial charge in [-0.05, 0) is 34.8 Å². The standard InChI is InChI=1S/C11H13BrN4O2S/c12-7-4-9-10(14-5-7)16(11(13)15-9)8-2-1-3-19(17,18)6-8/h4-5,8H,1-3,6H2,(H2,13,15). The van der Waals surface area contributed by atoms with E-state index in [1.165, 1.54) is 0 Å². The highest BCUT2D eigenvalue weighted by atomic mass is 79.9. The number of fused-ring (bicyclic) bond motifs is 1.